The van der Waals surface area contributed by atoms with Gasteiger partial charge in [0.15, 0.2) is 0 Å². The highest BCUT2D eigenvalue weighted by atomic mass is 32.2. The molecular weight excluding hydrogens is 400 g/mol. The number of anilines is 1. The summed E-state index contributed by atoms with van der Waals surface area (Å²) >= 11 is 0. The van der Waals surface area contributed by atoms with Crippen LogP contribution in [-0.4, -0.2) is 32.1 Å². The highest BCUT2D eigenvalue weighted by molar-refractivity contribution is 7.86. The van der Waals surface area contributed by atoms with E-state index in [2.05, 4.69) is 12.2 Å². The first-order valence-corrected chi connectivity index (χ1v) is 11.7. The third-order valence-electron chi connectivity index (χ3n) is 4.64. The molecular formula is C23H26N2O4S. The van der Waals surface area contributed by atoms with Crippen LogP contribution in [0.25, 0.3) is 10.8 Å². The van der Waals surface area contributed by atoms with E-state index in [1.54, 1.807) is 29.2 Å². The van der Waals surface area contributed by atoms with Crippen LogP contribution in [-0.2, 0) is 16.7 Å². The summed E-state index contributed by atoms with van der Waals surface area (Å²) in [5.41, 5.74) is 1.66. The van der Waals surface area contributed by atoms with E-state index in [-0.39, 0.29) is 11.8 Å². The molecule has 0 aliphatic carbocycles. The molecule has 0 unspecified atom stereocenters. The van der Waals surface area contributed by atoms with Crippen molar-refractivity contribution in [3.8, 4) is 5.75 Å². The number of rotatable bonds is 8. The van der Waals surface area contributed by atoms with Crippen molar-refractivity contribution in [1.82, 2.24) is 4.90 Å². The quantitative estimate of drug-likeness (QED) is 0.514. The van der Waals surface area contributed by atoms with Gasteiger partial charge in [-0.2, -0.15) is 8.42 Å². The Hall–Kier alpha value is -3.06. The maximum atomic E-state index is 13.0. The summed E-state index contributed by atoms with van der Waals surface area (Å²) in [4.78, 5) is 14.8. The van der Waals surface area contributed by atoms with Crippen molar-refractivity contribution in [2.45, 2.75) is 26.3 Å². The van der Waals surface area contributed by atoms with Crippen molar-refractivity contribution in [3.63, 3.8) is 0 Å². The smallest absolute Gasteiger partial charge is 0.322 e. The molecule has 0 heterocycles. The monoisotopic (exact) mass is 426 g/mol. The molecule has 0 aliphatic heterocycles. The Morgan fingerprint density at radius 3 is 2.40 bits per heavy atom. The molecule has 0 bridgehead atoms. The molecule has 0 fully saturated rings. The van der Waals surface area contributed by atoms with Crippen LogP contribution in [0, 0.1) is 0 Å². The molecule has 2 amide bonds. The van der Waals surface area contributed by atoms with Crippen molar-refractivity contribution in [1.29, 1.82) is 0 Å². The number of unbranched alkanes of at least 4 members (excludes halogenated alkanes) is 1. The van der Waals surface area contributed by atoms with E-state index >= 15 is 0 Å². The predicted molar refractivity (Wildman–Crippen MR) is 120 cm³/mol. The summed E-state index contributed by atoms with van der Waals surface area (Å²) in [6.07, 6.45) is 2.86. The van der Waals surface area contributed by atoms with Crippen LogP contribution in [0.3, 0.4) is 0 Å². The van der Waals surface area contributed by atoms with E-state index in [1.807, 2.05) is 42.5 Å². The number of hydrogen-bond donors (Lipinski definition) is 1. The second-order valence-electron chi connectivity index (χ2n) is 7.16. The zero-order valence-electron chi connectivity index (χ0n) is 17.2. The summed E-state index contributed by atoms with van der Waals surface area (Å²) in [6, 6.07) is 20.3. The first kappa shape index (κ1) is 21.6. The maximum absolute atomic E-state index is 13.0. The molecule has 0 aromatic heterocycles. The molecule has 7 heteroatoms. The van der Waals surface area contributed by atoms with Gasteiger partial charge in [0, 0.05) is 18.5 Å². The zero-order valence-corrected chi connectivity index (χ0v) is 18.0. The summed E-state index contributed by atoms with van der Waals surface area (Å²) in [5, 5.41) is 5.10. The van der Waals surface area contributed by atoms with Gasteiger partial charge in [0.25, 0.3) is 0 Å². The Balaban J connectivity index is 1.75. The normalized spacial score (nSPS) is 11.3. The van der Waals surface area contributed by atoms with Gasteiger partial charge < -0.3 is 14.4 Å². The van der Waals surface area contributed by atoms with Gasteiger partial charge in [0.05, 0.1) is 11.9 Å². The Bertz CT molecular complexity index is 1110. The van der Waals surface area contributed by atoms with Gasteiger partial charge in [-0.15, -0.1) is 0 Å². The van der Waals surface area contributed by atoms with Gasteiger partial charge in [0.1, 0.15) is 5.75 Å². The van der Waals surface area contributed by atoms with Gasteiger partial charge >= 0.3 is 16.1 Å². The number of carbonyl (C=O) groups excluding carboxylic acids is 1. The molecule has 0 spiro atoms. The van der Waals surface area contributed by atoms with Gasteiger partial charge in [0.2, 0.25) is 0 Å². The molecule has 3 rings (SSSR count). The summed E-state index contributed by atoms with van der Waals surface area (Å²) < 4.78 is 27.4. The number of amides is 2. The highest BCUT2D eigenvalue weighted by Crippen LogP contribution is 2.24. The molecule has 3 aromatic carbocycles. The van der Waals surface area contributed by atoms with Crippen LogP contribution in [0.1, 0.15) is 25.3 Å². The fourth-order valence-corrected chi connectivity index (χ4v) is 3.64. The number of carbonyl (C=O) groups is 1. The van der Waals surface area contributed by atoms with Crippen LogP contribution in [0.2, 0.25) is 0 Å². The Kier molecular flexibility index (Phi) is 6.95. The van der Waals surface area contributed by atoms with Crippen molar-refractivity contribution in [3.05, 3.63) is 72.3 Å². The Morgan fingerprint density at radius 1 is 1.00 bits per heavy atom. The molecule has 0 saturated carbocycles. The molecule has 1 N–H and O–H groups in total. The van der Waals surface area contributed by atoms with E-state index in [9.17, 15) is 13.2 Å². The lowest BCUT2D eigenvalue weighted by Gasteiger charge is -2.23. The van der Waals surface area contributed by atoms with Crippen molar-refractivity contribution in [2.24, 2.45) is 0 Å². The first-order chi connectivity index (χ1) is 14.4. The molecule has 6 nitrogen and oxygen atoms in total. The Morgan fingerprint density at radius 2 is 1.70 bits per heavy atom. The van der Waals surface area contributed by atoms with Gasteiger partial charge in [-0.3, -0.25) is 0 Å². The van der Waals surface area contributed by atoms with Crippen LogP contribution in [0.5, 0.6) is 5.75 Å². The minimum Gasteiger partial charge on any atom is -0.383 e. The van der Waals surface area contributed by atoms with E-state index < -0.39 is 10.1 Å². The van der Waals surface area contributed by atoms with Gasteiger partial charge in [-0.05, 0) is 35.6 Å². The lowest BCUT2D eigenvalue weighted by molar-refractivity contribution is 0.208. The van der Waals surface area contributed by atoms with E-state index in [0.717, 1.165) is 41.1 Å². The standard InChI is InChI=1S/C23H26N2O4S/c1-3-4-16-25(17-18-12-14-20(15-13-18)29-30(2,27)28)23(26)24-22-11-7-9-19-8-5-6-10-21(19)22/h5-15H,3-4,16-17H2,1-2H3,(H,24,26). The number of hydrogen-bond acceptors (Lipinski definition) is 4. The van der Waals surface area contributed by atoms with Crippen molar-refractivity contribution in [2.75, 3.05) is 18.1 Å². The number of urea groups is 1. The number of fused-ring (bicyclic) bond motifs is 1. The van der Waals surface area contributed by atoms with Gasteiger partial charge in [-0.25, -0.2) is 4.79 Å². The summed E-state index contributed by atoms with van der Waals surface area (Å²) in [7, 11) is -3.57. The van der Waals surface area contributed by atoms with E-state index in [4.69, 9.17) is 4.18 Å². The lowest BCUT2D eigenvalue weighted by atomic mass is 10.1. The molecule has 0 aliphatic rings. The molecule has 0 atom stereocenters. The van der Waals surface area contributed by atoms with E-state index in [1.165, 1.54) is 0 Å². The predicted octanol–water partition coefficient (Wildman–Crippen LogP) is 5.01. The first-order valence-electron chi connectivity index (χ1n) is 9.88. The fraction of sp³-hybridized carbons (Fsp3) is 0.261. The van der Waals surface area contributed by atoms with Crippen LogP contribution >= 0.6 is 0 Å². The van der Waals surface area contributed by atoms with Crippen molar-refractivity contribution < 1.29 is 17.4 Å². The minimum absolute atomic E-state index is 0.170. The maximum Gasteiger partial charge on any atom is 0.322 e. The zero-order chi connectivity index (χ0) is 21.6. The van der Waals surface area contributed by atoms with E-state index in [0.29, 0.717) is 13.1 Å². The molecule has 3 aromatic rings. The summed E-state index contributed by atoms with van der Waals surface area (Å²) in [5.74, 6) is 0.251. The molecule has 0 saturated heterocycles. The van der Waals surface area contributed by atoms with Crippen LogP contribution in [0.4, 0.5) is 10.5 Å². The topological polar surface area (TPSA) is 75.7 Å². The highest BCUT2D eigenvalue weighted by Gasteiger charge is 2.15. The molecule has 0 radical (unpaired) electrons. The fourth-order valence-electron chi connectivity index (χ4n) is 3.18. The second kappa shape index (κ2) is 9.63. The number of benzene rings is 3. The SMILES string of the molecule is CCCCN(Cc1ccc(OS(C)(=O)=O)cc1)C(=O)Nc1cccc2ccccc12. The largest absolute Gasteiger partial charge is 0.383 e. The Labute approximate surface area is 177 Å². The van der Waals surface area contributed by atoms with Crippen LogP contribution < -0.4 is 9.50 Å². The third kappa shape index (κ3) is 5.97. The molecule has 158 valence electrons. The second-order valence-corrected chi connectivity index (χ2v) is 8.74. The third-order valence-corrected chi connectivity index (χ3v) is 5.14. The number of nitrogens with one attached hydrogen (secondary N) is 1. The molecule has 30 heavy (non-hydrogen) atoms. The summed E-state index contributed by atoms with van der Waals surface area (Å²) in [6.45, 7) is 3.11. The lowest BCUT2D eigenvalue weighted by Crippen LogP contribution is -2.35. The number of nitrogens with zero attached hydrogens (tertiary/aromatic N) is 1. The van der Waals surface area contributed by atoms with Crippen molar-refractivity contribution >= 4 is 32.6 Å². The van der Waals surface area contributed by atoms with Crippen LogP contribution in [0.15, 0.2) is 66.7 Å². The average Bonchev–Trinajstić information content (AvgIpc) is 2.71. The minimum atomic E-state index is -3.57. The van der Waals surface area contributed by atoms with Gasteiger partial charge in [-0.1, -0.05) is 61.9 Å². The average molecular weight is 427 g/mol.